The number of ether oxygens (including phenoxy) is 1. The van der Waals surface area contributed by atoms with E-state index >= 15 is 0 Å². The summed E-state index contributed by atoms with van der Waals surface area (Å²) >= 11 is 0. The Morgan fingerprint density at radius 2 is 2.00 bits per heavy atom. The lowest BCUT2D eigenvalue weighted by molar-refractivity contribution is -0.0567. The molecule has 2 rings (SSSR count). The normalized spacial score (nSPS) is 30.5. The summed E-state index contributed by atoms with van der Waals surface area (Å²) in [5.41, 5.74) is 0. The molecule has 2 heterocycles. The lowest BCUT2D eigenvalue weighted by Gasteiger charge is -2.36. The molecule has 90 valence electrons. The van der Waals surface area contributed by atoms with Crippen LogP contribution in [0.1, 0.15) is 13.8 Å². The van der Waals surface area contributed by atoms with Crippen LogP contribution in [0.15, 0.2) is 0 Å². The second kappa shape index (κ2) is 4.29. The fourth-order valence-corrected chi connectivity index (χ4v) is 2.16. The molecule has 0 aliphatic carbocycles. The fourth-order valence-electron chi connectivity index (χ4n) is 2.16. The van der Waals surface area contributed by atoms with Gasteiger partial charge in [-0.25, -0.2) is 14.5 Å². The maximum atomic E-state index is 12.0. The third-order valence-corrected chi connectivity index (χ3v) is 2.78. The molecule has 1 N–H and O–H groups in total. The van der Waals surface area contributed by atoms with Gasteiger partial charge < -0.3 is 15.0 Å². The minimum absolute atomic E-state index is 0.0263. The van der Waals surface area contributed by atoms with E-state index in [9.17, 15) is 9.59 Å². The molecule has 2 aliphatic heterocycles. The van der Waals surface area contributed by atoms with Gasteiger partial charge in [0, 0.05) is 26.2 Å². The Hall–Kier alpha value is -1.30. The molecular weight excluding hydrogens is 210 g/mol. The van der Waals surface area contributed by atoms with Crippen molar-refractivity contribution in [3.8, 4) is 0 Å². The Balaban J connectivity index is 2.01. The summed E-state index contributed by atoms with van der Waals surface area (Å²) in [5, 5.41) is 2.62. The Morgan fingerprint density at radius 1 is 1.38 bits per heavy atom. The van der Waals surface area contributed by atoms with Gasteiger partial charge >= 0.3 is 12.1 Å². The Morgan fingerprint density at radius 3 is 2.50 bits per heavy atom. The van der Waals surface area contributed by atoms with Crippen LogP contribution in [0.2, 0.25) is 0 Å². The number of nitrogens with one attached hydrogen (secondary N) is 1. The summed E-state index contributed by atoms with van der Waals surface area (Å²) in [4.78, 5) is 26.3. The fraction of sp³-hybridized carbons (Fsp3) is 0.800. The van der Waals surface area contributed by atoms with Crippen LogP contribution in [-0.4, -0.2) is 60.2 Å². The zero-order valence-corrected chi connectivity index (χ0v) is 9.60. The van der Waals surface area contributed by atoms with E-state index in [0.717, 1.165) is 0 Å². The van der Waals surface area contributed by atoms with Crippen LogP contribution in [0.25, 0.3) is 0 Å². The number of nitrogens with zero attached hydrogens (tertiary/aromatic N) is 2. The molecule has 0 aromatic heterocycles. The molecule has 2 atom stereocenters. The van der Waals surface area contributed by atoms with Crippen molar-refractivity contribution < 1.29 is 14.3 Å². The summed E-state index contributed by atoms with van der Waals surface area (Å²) in [6, 6.07) is -0.506. The molecule has 0 radical (unpaired) electrons. The van der Waals surface area contributed by atoms with E-state index in [1.165, 1.54) is 4.90 Å². The van der Waals surface area contributed by atoms with Gasteiger partial charge in [-0.2, -0.15) is 0 Å². The molecule has 16 heavy (non-hydrogen) atoms. The Bertz CT molecular complexity index is 298. The highest BCUT2D eigenvalue weighted by Crippen LogP contribution is 2.13. The zero-order valence-electron chi connectivity index (χ0n) is 9.60. The monoisotopic (exact) mass is 227 g/mol. The van der Waals surface area contributed by atoms with Crippen molar-refractivity contribution in [2.24, 2.45) is 0 Å². The van der Waals surface area contributed by atoms with Gasteiger partial charge in [-0.1, -0.05) is 0 Å². The molecule has 2 fully saturated rings. The molecule has 0 spiro atoms. The first-order chi connectivity index (χ1) is 7.58. The average molecular weight is 227 g/mol. The topological polar surface area (TPSA) is 61.9 Å². The summed E-state index contributed by atoms with van der Waals surface area (Å²) in [5.74, 6) is 0. The minimum atomic E-state index is -0.295. The predicted molar refractivity (Wildman–Crippen MR) is 57.1 cm³/mol. The SMILES string of the molecule is C[C@@H]1CN(C(=O)N2CCNC2=O)C[C@H](C)O1. The van der Waals surface area contributed by atoms with Crippen molar-refractivity contribution in [2.45, 2.75) is 26.1 Å². The van der Waals surface area contributed by atoms with Crippen LogP contribution in [0.3, 0.4) is 0 Å². The van der Waals surface area contributed by atoms with E-state index < -0.39 is 0 Å². The lowest BCUT2D eigenvalue weighted by Crippen LogP contribution is -2.53. The second-order valence-corrected chi connectivity index (χ2v) is 4.33. The number of amides is 4. The minimum Gasteiger partial charge on any atom is -0.372 e. The Kier molecular flexibility index (Phi) is 3.00. The second-order valence-electron chi connectivity index (χ2n) is 4.33. The van der Waals surface area contributed by atoms with Gasteiger partial charge in [-0.3, -0.25) is 0 Å². The van der Waals surface area contributed by atoms with E-state index in [0.29, 0.717) is 26.2 Å². The van der Waals surface area contributed by atoms with Crippen molar-refractivity contribution in [1.29, 1.82) is 0 Å². The molecule has 6 nitrogen and oxygen atoms in total. The Labute approximate surface area is 94.5 Å². The van der Waals surface area contributed by atoms with Gasteiger partial charge in [-0.05, 0) is 13.8 Å². The van der Waals surface area contributed by atoms with Gasteiger partial charge in [0.25, 0.3) is 0 Å². The molecule has 0 bridgehead atoms. The first kappa shape index (κ1) is 11.2. The van der Waals surface area contributed by atoms with E-state index in [2.05, 4.69) is 5.32 Å². The van der Waals surface area contributed by atoms with Crippen LogP contribution < -0.4 is 5.32 Å². The van der Waals surface area contributed by atoms with Crippen molar-refractivity contribution in [1.82, 2.24) is 15.1 Å². The first-order valence-corrected chi connectivity index (χ1v) is 5.57. The van der Waals surface area contributed by atoms with Gasteiger partial charge in [0.05, 0.1) is 12.2 Å². The highest BCUT2D eigenvalue weighted by atomic mass is 16.5. The highest BCUT2D eigenvalue weighted by molar-refractivity contribution is 5.95. The number of hydrogen-bond donors (Lipinski definition) is 1. The summed E-state index contributed by atoms with van der Waals surface area (Å²) in [6.07, 6.45) is 0.0525. The summed E-state index contributed by atoms with van der Waals surface area (Å²) < 4.78 is 5.54. The molecule has 4 amide bonds. The molecule has 0 unspecified atom stereocenters. The molecule has 2 aliphatic rings. The van der Waals surface area contributed by atoms with Gasteiger partial charge in [-0.15, -0.1) is 0 Å². The van der Waals surface area contributed by atoms with Gasteiger partial charge in [0.15, 0.2) is 0 Å². The number of rotatable bonds is 0. The zero-order chi connectivity index (χ0) is 11.7. The summed E-state index contributed by atoms with van der Waals surface area (Å²) in [6.45, 7) is 5.96. The third-order valence-electron chi connectivity index (χ3n) is 2.78. The van der Waals surface area contributed by atoms with Crippen molar-refractivity contribution in [3.05, 3.63) is 0 Å². The number of morpholine rings is 1. The molecule has 0 aromatic rings. The first-order valence-electron chi connectivity index (χ1n) is 5.57. The highest BCUT2D eigenvalue weighted by Gasteiger charge is 2.33. The van der Waals surface area contributed by atoms with Crippen molar-refractivity contribution in [2.75, 3.05) is 26.2 Å². The largest absolute Gasteiger partial charge is 0.372 e. The molecule has 2 saturated heterocycles. The summed E-state index contributed by atoms with van der Waals surface area (Å²) in [7, 11) is 0. The molecule has 6 heteroatoms. The standard InChI is InChI=1S/C10H17N3O3/c1-7-5-12(6-8(2)16-7)10(15)13-4-3-11-9(13)14/h7-8H,3-6H2,1-2H3,(H,11,14)/t7-,8+. The number of carbonyl (C=O) groups excluding carboxylic acids is 2. The van der Waals surface area contributed by atoms with Crippen LogP contribution in [-0.2, 0) is 4.74 Å². The van der Waals surface area contributed by atoms with Gasteiger partial charge in [0.2, 0.25) is 0 Å². The van der Waals surface area contributed by atoms with Crippen LogP contribution >= 0.6 is 0 Å². The van der Waals surface area contributed by atoms with Crippen LogP contribution in [0, 0.1) is 0 Å². The predicted octanol–water partition coefficient (Wildman–Crippen LogP) is 0.241. The maximum absolute atomic E-state index is 12.0. The van der Waals surface area contributed by atoms with E-state index in [-0.39, 0.29) is 24.3 Å². The molecule has 0 saturated carbocycles. The lowest BCUT2D eigenvalue weighted by atomic mass is 10.2. The molecular formula is C10H17N3O3. The number of carbonyl (C=O) groups is 2. The van der Waals surface area contributed by atoms with E-state index in [4.69, 9.17) is 4.74 Å². The maximum Gasteiger partial charge on any atom is 0.328 e. The van der Waals surface area contributed by atoms with Crippen LogP contribution in [0.4, 0.5) is 9.59 Å². The van der Waals surface area contributed by atoms with Crippen LogP contribution in [0.5, 0.6) is 0 Å². The van der Waals surface area contributed by atoms with Crippen molar-refractivity contribution in [3.63, 3.8) is 0 Å². The number of imide groups is 1. The smallest absolute Gasteiger partial charge is 0.328 e. The van der Waals surface area contributed by atoms with E-state index in [1.54, 1.807) is 4.90 Å². The number of urea groups is 2. The average Bonchev–Trinajstić information content (AvgIpc) is 2.62. The van der Waals surface area contributed by atoms with E-state index in [1.807, 2.05) is 13.8 Å². The van der Waals surface area contributed by atoms with Crippen molar-refractivity contribution >= 4 is 12.1 Å². The number of hydrogen-bond acceptors (Lipinski definition) is 3. The van der Waals surface area contributed by atoms with Gasteiger partial charge in [0.1, 0.15) is 0 Å². The quantitative estimate of drug-likeness (QED) is 0.645. The third kappa shape index (κ3) is 2.11. The molecule has 0 aromatic carbocycles.